The molecule has 0 aromatic heterocycles. The van der Waals surface area contributed by atoms with Crippen LogP contribution < -0.4 is 5.32 Å². The van der Waals surface area contributed by atoms with Crippen LogP contribution in [0.5, 0.6) is 0 Å². The van der Waals surface area contributed by atoms with Crippen LogP contribution in [0.25, 0.3) is 0 Å². The van der Waals surface area contributed by atoms with Crippen LogP contribution >= 0.6 is 0 Å². The number of imide groups is 1. The summed E-state index contributed by atoms with van der Waals surface area (Å²) >= 11 is 0. The third-order valence-corrected chi connectivity index (χ3v) is 5.55. The van der Waals surface area contributed by atoms with Crippen molar-refractivity contribution in [2.45, 2.75) is 25.4 Å². The minimum atomic E-state index is -1.50. The molecule has 2 fully saturated rings. The van der Waals surface area contributed by atoms with Crippen molar-refractivity contribution in [1.82, 2.24) is 4.90 Å². The molecule has 2 aliphatic heterocycles. The number of likely N-dealkylation sites (tertiary alicyclic amines) is 1. The van der Waals surface area contributed by atoms with Crippen LogP contribution in [0.1, 0.15) is 24.1 Å². The molecule has 0 saturated carbocycles. The number of nitrogens with zero attached hydrogens (tertiary/aromatic N) is 1. The van der Waals surface area contributed by atoms with Crippen molar-refractivity contribution in [2.24, 2.45) is 11.8 Å². The van der Waals surface area contributed by atoms with E-state index >= 15 is 0 Å². The summed E-state index contributed by atoms with van der Waals surface area (Å²) in [7, 11) is 1.22. The number of amides is 2. The van der Waals surface area contributed by atoms with Crippen LogP contribution in [0, 0.1) is 18.8 Å². The van der Waals surface area contributed by atoms with Gasteiger partial charge in [-0.2, -0.15) is 0 Å². The zero-order valence-electron chi connectivity index (χ0n) is 14.6. The number of nitrogens with two attached hydrogens (primary N) is 1. The van der Waals surface area contributed by atoms with Gasteiger partial charge in [0.1, 0.15) is 24.5 Å². The Kier molecular flexibility index (Phi) is 4.38. The molecule has 2 saturated heterocycles. The quantitative estimate of drug-likeness (QED) is 0.545. The molecule has 1 aromatic carbocycles. The van der Waals surface area contributed by atoms with Crippen molar-refractivity contribution in [3.05, 3.63) is 35.4 Å². The molecule has 4 atom stereocenters. The molecular weight excluding hydrogens is 324 g/mol. The molecule has 0 bridgehead atoms. The van der Waals surface area contributed by atoms with Gasteiger partial charge in [-0.05, 0) is 19.4 Å². The van der Waals surface area contributed by atoms with E-state index in [0.717, 1.165) is 11.1 Å². The van der Waals surface area contributed by atoms with Crippen molar-refractivity contribution in [1.29, 1.82) is 0 Å². The van der Waals surface area contributed by atoms with Crippen molar-refractivity contribution >= 4 is 17.8 Å². The van der Waals surface area contributed by atoms with Gasteiger partial charge in [0.2, 0.25) is 17.4 Å². The van der Waals surface area contributed by atoms with Gasteiger partial charge in [0.25, 0.3) is 0 Å². The number of carbonyl (C=O) groups is 3. The first-order valence-corrected chi connectivity index (χ1v) is 8.39. The highest BCUT2D eigenvalue weighted by Gasteiger charge is 2.72. The number of aliphatic hydroxyl groups excluding tert-OH is 1. The maximum absolute atomic E-state index is 12.9. The Morgan fingerprint density at radius 1 is 1.32 bits per heavy atom. The van der Waals surface area contributed by atoms with E-state index in [0.29, 0.717) is 0 Å². The number of aryl methyl sites for hydroxylation is 1. The van der Waals surface area contributed by atoms with Crippen LogP contribution in [-0.2, 0) is 19.1 Å². The fourth-order valence-corrected chi connectivity index (χ4v) is 4.34. The van der Waals surface area contributed by atoms with Crippen LogP contribution in [0.15, 0.2) is 24.3 Å². The van der Waals surface area contributed by atoms with E-state index in [1.807, 2.05) is 31.2 Å². The lowest BCUT2D eigenvalue weighted by molar-refractivity contribution is -0.735. The fourth-order valence-electron chi connectivity index (χ4n) is 4.34. The molecule has 0 unspecified atom stereocenters. The molecule has 25 heavy (non-hydrogen) atoms. The summed E-state index contributed by atoms with van der Waals surface area (Å²) in [6, 6.07) is 7.15. The first kappa shape index (κ1) is 17.6. The first-order chi connectivity index (χ1) is 11.9. The second-order valence-corrected chi connectivity index (χ2v) is 6.66. The van der Waals surface area contributed by atoms with Gasteiger partial charge in [0, 0.05) is 12.1 Å². The zero-order chi connectivity index (χ0) is 18.4. The lowest BCUT2D eigenvalue weighted by atomic mass is 9.79. The van der Waals surface area contributed by atoms with Crippen LogP contribution in [0.4, 0.5) is 0 Å². The monoisotopic (exact) mass is 347 g/mol. The Labute approximate surface area is 146 Å². The summed E-state index contributed by atoms with van der Waals surface area (Å²) < 4.78 is 4.89. The largest absolute Gasteiger partial charge is 0.464 e. The number of fused-ring (bicyclic) bond motifs is 1. The summed E-state index contributed by atoms with van der Waals surface area (Å²) in [5.74, 6) is -3.01. The second kappa shape index (κ2) is 6.24. The normalized spacial score (nSPS) is 31.4. The average molecular weight is 347 g/mol. The van der Waals surface area contributed by atoms with E-state index in [-0.39, 0.29) is 12.5 Å². The number of rotatable bonds is 4. The predicted octanol–water partition coefficient (Wildman–Crippen LogP) is -0.862. The van der Waals surface area contributed by atoms with Gasteiger partial charge in [0.05, 0.1) is 7.11 Å². The van der Waals surface area contributed by atoms with Gasteiger partial charge in [0.15, 0.2) is 0 Å². The number of hydrogen-bond donors (Lipinski definition) is 2. The first-order valence-electron chi connectivity index (χ1n) is 8.39. The maximum Gasteiger partial charge on any atom is 0.371 e. The molecule has 7 heteroatoms. The van der Waals surface area contributed by atoms with Crippen LogP contribution in [0.2, 0.25) is 0 Å². The summed E-state index contributed by atoms with van der Waals surface area (Å²) in [4.78, 5) is 39.4. The Morgan fingerprint density at radius 3 is 2.56 bits per heavy atom. The zero-order valence-corrected chi connectivity index (χ0v) is 14.6. The Bertz CT molecular complexity index is 734. The highest BCUT2D eigenvalue weighted by molar-refractivity contribution is 6.08. The van der Waals surface area contributed by atoms with E-state index in [2.05, 4.69) is 0 Å². The molecule has 2 heterocycles. The van der Waals surface area contributed by atoms with Crippen molar-refractivity contribution in [3.63, 3.8) is 0 Å². The van der Waals surface area contributed by atoms with E-state index < -0.39 is 41.9 Å². The average Bonchev–Trinajstić information content (AvgIpc) is 3.09. The molecule has 2 aliphatic rings. The number of quaternary nitrogens is 1. The number of benzene rings is 1. The van der Waals surface area contributed by atoms with E-state index in [1.54, 1.807) is 12.2 Å². The highest BCUT2D eigenvalue weighted by Crippen LogP contribution is 2.44. The predicted molar refractivity (Wildman–Crippen MR) is 87.1 cm³/mol. The molecule has 134 valence electrons. The molecule has 3 rings (SSSR count). The lowest BCUT2D eigenvalue weighted by Gasteiger charge is -2.27. The number of esters is 1. The Hall–Kier alpha value is -2.25. The number of aliphatic hydroxyl groups is 1. The number of methoxy groups -OCH3 is 1. The molecule has 0 spiro atoms. The molecule has 3 N–H and O–H groups in total. The smallest absolute Gasteiger partial charge is 0.371 e. The highest BCUT2D eigenvalue weighted by atomic mass is 16.5. The molecular formula is C18H23N2O5+. The summed E-state index contributed by atoms with van der Waals surface area (Å²) in [6.45, 7) is 3.32. The molecule has 0 radical (unpaired) electrons. The minimum absolute atomic E-state index is 0.244. The van der Waals surface area contributed by atoms with Gasteiger partial charge in [-0.3, -0.25) is 14.5 Å². The van der Waals surface area contributed by atoms with E-state index in [1.165, 1.54) is 12.0 Å². The molecule has 7 nitrogen and oxygen atoms in total. The molecule has 1 aromatic rings. The standard InChI is InChI=1S/C18H22N2O5/c1-4-20-15(22)12-13(16(20)23)18(9-21,17(24)25-3)19-14(12)11-8-6-5-7-10(11)2/h5-8,12-14,19,21H,4,9H2,1-3H3/p+1/t12-,13+,14-,18-/m1/s1. The van der Waals surface area contributed by atoms with Crippen LogP contribution in [0.3, 0.4) is 0 Å². The minimum Gasteiger partial charge on any atom is -0.464 e. The van der Waals surface area contributed by atoms with Gasteiger partial charge >= 0.3 is 5.97 Å². The SMILES string of the molecule is CCN1C(=O)[C@H]2[C@@H](c3ccccc3C)[NH2+][C@@](CO)(C(=O)OC)[C@@H]2C1=O. The third kappa shape index (κ3) is 2.30. The fraction of sp³-hybridized carbons (Fsp3) is 0.500. The number of hydrogen-bond acceptors (Lipinski definition) is 5. The number of ether oxygens (including phenoxy) is 1. The van der Waals surface area contributed by atoms with Crippen molar-refractivity contribution in [2.75, 3.05) is 20.3 Å². The maximum atomic E-state index is 12.9. The Morgan fingerprint density at radius 2 is 2.00 bits per heavy atom. The van der Waals surface area contributed by atoms with E-state index in [9.17, 15) is 19.5 Å². The molecule has 0 aliphatic carbocycles. The van der Waals surface area contributed by atoms with Crippen molar-refractivity contribution in [3.8, 4) is 0 Å². The summed E-state index contributed by atoms with van der Waals surface area (Å²) in [5, 5.41) is 11.7. The Balaban J connectivity index is 2.17. The topological polar surface area (TPSA) is 101 Å². The summed E-state index contributed by atoms with van der Waals surface area (Å²) in [5.41, 5.74) is 0.357. The third-order valence-electron chi connectivity index (χ3n) is 5.55. The van der Waals surface area contributed by atoms with Gasteiger partial charge in [-0.25, -0.2) is 4.79 Å². The lowest BCUT2D eigenvalue weighted by Crippen LogP contribution is -2.99. The number of carbonyl (C=O) groups excluding carboxylic acids is 3. The second-order valence-electron chi connectivity index (χ2n) is 6.66. The van der Waals surface area contributed by atoms with Gasteiger partial charge in [-0.1, -0.05) is 24.3 Å². The summed E-state index contributed by atoms with van der Waals surface area (Å²) in [6.07, 6.45) is 0. The van der Waals surface area contributed by atoms with Crippen LogP contribution in [-0.4, -0.2) is 53.6 Å². The van der Waals surface area contributed by atoms with Gasteiger partial charge in [-0.15, -0.1) is 0 Å². The molecule has 2 amide bonds. The van der Waals surface area contributed by atoms with Crippen molar-refractivity contribution < 1.29 is 29.5 Å². The van der Waals surface area contributed by atoms with E-state index in [4.69, 9.17) is 4.74 Å². The van der Waals surface area contributed by atoms with Gasteiger partial charge < -0.3 is 15.2 Å².